The predicted molar refractivity (Wildman–Crippen MR) is 82.1 cm³/mol. The Balaban J connectivity index is 1.72. The van der Waals surface area contributed by atoms with Gasteiger partial charge in [0.15, 0.2) is 0 Å². The molecule has 2 nitrogen and oxygen atoms in total. The van der Waals surface area contributed by atoms with Crippen molar-refractivity contribution >= 4 is 22.5 Å². The molecule has 0 N–H and O–H groups in total. The van der Waals surface area contributed by atoms with Crippen molar-refractivity contribution in [2.24, 2.45) is 0 Å². The second-order valence-corrected chi connectivity index (χ2v) is 4.86. The van der Waals surface area contributed by atoms with Gasteiger partial charge in [-0.05, 0) is 41.5 Å². The van der Waals surface area contributed by atoms with Gasteiger partial charge in [-0.15, -0.1) is 11.6 Å². The summed E-state index contributed by atoms with van der Waals surface area (Å²) in [6, 6.07) is 18.0. The fourth-order valence-electron chi connectivity index (χ4n) is 2.06. The van der Waals surface area contributed by atoms with E-state index < -0.39 is 0 Å². The van der Waals surface area contributed by atoms with Crippen molar-refractivity contribution < 1.29 is 4.74 Å². The van der Waals surface area contributed by atoms with Crippen molar-refractivity contribution in [3.63, 3.8) is 0 Å². The number of nitrogens with zero attached hydrogens (tertiary/aromatic N) is 1. The van der Waals surface area contributed by atoms with Gasteiger partial charge in [-0.25, -0.2) is 0 Å². The molecule has 0 radical (unpaired) electrons. The van der Waals surface area contributed by atoms with E-state index >= 15 is 0 Å². The van der Waals surface area contributed by atoms with E-state index in [-0.39, 0.29) is 0 Å². The zero-order chi connectivity index (χ0) is 13.8. The summed E-state index contributed by atoms with van der Waals surface area (Å²) in [7, 11) is 0. The Morgan fingerprint density at radius 1 is 0.950 bits per heavy atom. The quantitative estimate of drug-likeness (QED) is 0.655. The van der Waals surface area contributed by atoms with E-state index in [2.05, 4.69) is 17.1 Å². The highest BCUT2D eigenvalue weighted by molar-refractivity contribution is 6.17. The second-order valence-electron chi connectivity index (χ2n) is 4.60. The highest BCUT2D eigenvalue weighted by Crippen LogP contribution is 2.17. The molecule has 0 bridgehead atoms. The summed E-state index contributed by atoms with van der Waals surface area (Å²) in [5.41, 5.74) is 3.23. The van der Waals surface area contributed by atoms with Gasteiger partial charge in [0.05, 0.1) is 5.52 Å². The molecule has 0 amide bonds. The summed E-state index contributed by atoms with van der Waals surface area (Å²) in [6.45, 7) is 0.547. The number of benzene rings is 2. The fourth-order valence-corrected chi connectivity index (χ4v) is 2.23. The zero-order valence-corrected chi connectivity index (χ0v) is 11.7. The molecule has 2 aromatic carbocycles. The van der Waals surface area contributed by atoms with E-state index in [0.717, 1.165) is 27.8 Å². The number of aromatic nitrogens is 1. The average Bonchev–Trinajstić information content (AvgIpc) is 2.53. The first-order chi connectivity index (χ1) is 9.85. The molecule has 3 aromatic rings. The average molecular weight is 284 g/mol. The molecule has 1 aromatic heterocycles. The fraction of sp³-hybridized carbons (Fsp3) is 0.118. The van der Waals surface area contributed by atoms with Crippen LogP contribution in [0.4, 0.5) is 0 Å². The van der Waals surface area contributed by atoms with Crippen LogP contribution in [-0.4, -0.2) is 4.98 Å². The molecule has 0 aliphatic carbocycles. The van der Waals surface area contributed by atoms with Crippen LogP contribution in [0.3, 0.4) is 0 Å². The molecule has 0 atom stereocenters. The summed E-state index contributed by atoms with van der Waals surface area (Å²) in [4.78, 5) is 4.31. The highest BCUT2D eigenvalue weighted by atomic mass is 35.5. The largest absolute Gasteiger partial charge is 0.489 e. The Morgan fingerprint density at radius 3 is 2.55 bits per heavy atom. The third-order valence-corrected chi connectivity index (χ3v) is 3.46. The van der Waals surface area contributed by atoms with Gasteiger partial charge in [0.25, 0.3) is 0 Å². The Bertz CT molecular complexity index is 710. The third kappa shape index (κ3) is 2.91. The van der Waals surface area contributed by atoms with Crippen LogP contribution in [0.2, 0.25) is 0 Å². The molecule has 0 aliphatic rings. The van der Waals surface area contributed by atoms with Gasteiger partial charge in [-0.1, -0.05) is 24.3 Å². The van der Waals surface area contributed by atoms with Crippen LogP contribution in [0.25, 0.3) is 10.9 Å². The number of rotatable bonds is 4. The molecule has 3 rings (SSSR count). The molecule has 3 heteroatoms. The number of ether oxygens (including phenoxy) is 1. The summed E-state index contributed by atoms with van der Waals surface area (Å²) in [5, 5.41) is 1.13. The van der Waals surface area contributed by atoms with E-state index in [0.29, 0.717) is 12.5 Å². The van der Waals surface area contributed by atoms with E-state index in [1.54, 1.807) is 6.20 Å². The second kappa shape index (κ2) is 5.93. The van der Waals surface area contributed by atoms with Crippen molar-refractivity contribution in [3.05, 3.63) is 71.9 Å². The molecule has 100 valence electrons. The van der Waals surface area contributed by atoms with Gasteiger partial charge in [0.1, 0.15) is 12.4 Å². The molecule has 0 unspecified atom stereocenters. The normalized spacial score (nSPS) is 10.7. The van der Waals surface area contributed by atoms with Crippen LogP contribution < -0.4 is 4.74 Å². The van der Waals surface area contributed by atoms with Crippen molar-refractivity contribution in [2.75, 3.05) is 0 Å². The van der Waals surface area contributed by atoms with Crippen LogP contribution in [0, 0.1) is 0 Å². The minimum absolute atomic E-state index is 0.526. The Morgan fingerprint density at radius 2 is 1.75 bits per heavy atom. The first-order valence-corrected chi connectivity index (χ1v) is 7.00. The number of hydrogen-bond acceptors (Lipinski definition) is 2. The number of halogens is 1. The Hall–Kier alpha value is -2.06. The van der Waals surface area contributed by atoms with Crippen molar-refractivity contribution in [3.8, 4) is 5.75 Å². The van der Waals surface area contributed by atoms with Crippen LogP contribution >= 0.6 is 11.6 Å². The van der Waals surface area contributed by atoms with Crippen LogP contribution in [-0.2, 0) is 12.5 Å². The highest BCUT2D eigenvalue weighted by Gasteiger charge is 1.99. The summed E-state index contributed by atoms with van der Waals surface area (Å²) < 4.78 is 5.78. The van der Waals surface area contributed by atoms with E-state index in [4.69, 9.17) is 16.3 Å². The molecule has 0 aliphatic heterocycles. The minimum atomic E-state index is 0.526. The lowest BCUT2D eigenvalue weighted by molar-refractivity contribution is 0.306. The number of pyridine rings is 1. The molecule has 0 saturated carbocycles. The topological polar surface area (TPSA) is 22.1 Å². The maximum Gasteiger partial charge on any atom is 0.119 e. The lowest BCUT2D eigenvalue weighted by atomic mass is 10.1. The Kier molecular flexibility index (Phi) is 3.84. The molecule has 0 spiro atoms. The summed E-state index contributed by atoms with van der Waals surface area (Å²) in [5.74, 6) is 1.38. The van der Waals surface area contributed by atoms with Gasteiger partial charge >= 0.3 is 0 Å². The van der Waals surface area contributed by atoms with Crippen molar-refractivity contribution in [1.29, 1.82) is 0 Å². The first kappa shape index (κ1) is 12.9. The molecular formula is C17H14ClNO. The van der Waals surface area contributed by atoms with Crippen molar-refractivity contribution in [2.45, 2.75) is 12.5 Å². The van der Waals surface area contributed by atoms with E-state index in [1.807, 2.05) is 42.5 Å². The van der Waals surface area contributed by atoms with Gasteiger partial charge in [0, 0.05) is 17.5 Å². The molecule has 20 heavy (non-hydrogen) atoms. The van der Waals surface area contributed by atoms with E-state index in [9.17, 15) is 0 Å². The van der Waals surface area contributed by atoms with Gasteiger partial charge in [-0.3, -0.25) is 4.98 Å². The minimum Gasteiger partial charge on any atom is -0.489 e. The Labute approximate surface area is 123 Å². The molecule has 1 heterocycles. The SMILES string of the molecule is ClCc1ccc(OCc2ccc3ncccc3c2)cc1. The van der Waals surface area contributed by atoms with Gasteiger partial charge in [-0.2, -0.15) is 0 Å². The molecular weight excluding hydrogens is 270 g/mol. The van der Waals surface area contributed by atoms with Gasteiger partial charge in [0.2, 0.25) is 0 Å². The smallest absolute Gasteiger partial charge is 0.119 e. The van der Waals surface area contributed by atoms with Crippen molar-refractivity contribution in [1.82, 2.24) is 4.98 Å². The maximum atomic E-state index is 5.78. The van der Waals surface area contributed by atoms with Crippen LogP contribution in [0.5, 0.6) is 5.75 Å². The zero-order valence-electron chi connectivity index (χ0n) is 10.9. The molecule has 0 saturated heterocycles. The summed E-state index contributed by atoms with van der Waals surface area (Å²) >= 11 is 5.76. The first-order valence-electron chi connectivity index (χ1n) is 6.46. The predicted octanol–water partition coefficient (Wildman–Crippen LogP) is 4.55. The maximum absolute atomic E-state index is 5.78. The van der Waals surface area contributed by atoms with E-state index in [1.165, 1.54) is 0 Å². The lowest BCUT2D eigenvalue weighted by Crippen LogP contribution is -1.95. The monoisotopic (exact) mass is 283 g/mol. The van der Waals surface area contributed by atoms with Gasteiger partial charge < -0.3 is 4.74 Å². The number of hydrogen-bond donors (Lipinski definition) is 0. The van der Waals surface area contributed by atoms with Crippen LogP contribution in [0.15, 0.2) is 60.8 Å². The number of alkyl halides is 1. The van der Waals surface area contributed by atoms with Crippen LogP contribution in [0.1, 0.15) is 11.1 Å². The standard InChI is InChI=1S/C17H14ClNO/c18-11-13-3-6-16(7-4-13)20-12-14-5-8-17-15(10-14)2-1-9-19-17/h1-10H,11-12H2. The third-order valence-electron chi connectivity index (χ3n) is 3.15. The number of fused-ring (bicyclic) bond motifs is 1. The lowest BCUT2D eigenvalue weighted by Gasteiger charge is -2.07. The molecule has 0 fully saturated rings. The summed E-state index contributed by atoms with van der Waals surface area (Å²) in [6.07, 6.45) is 1.80.